The van der Waals surface area contributed by atoms with E-state index in [-0.39, 0.29) is 11.6 Å². The van der Waals surface area contributed by atoms with E-state index in [2.05, 4.69) is 18.9 Å². The van der Waals surface area contributed by atoms with Crippen LogP contribution >= 0.6 is 0 Å². The Labute approximate surface area is 159 Å². The maximum absolute atomic E-state index is 13.0. The van der Waals surface area contributed by atoms with E-state index >= 15 is 0 Å². The van der Waals surface area contributed by atoms with E-state index in [1.54, 1.807) is 13.0 Å². The highest BCUT2D eigenvalue weighted by Crippen LogP contribution is 2.26. The second kappa shape index (κ2) is 7.21. The van der Waals surface area contributed by atoms with Gasteiger partial charge in [0.15, 0.2) is 0 Å². The Kier molecular flexibility index (Phi) is 5.13. The molecule has 2 N–H and O–H groups in total. The molecule has 0 spiro atoms. The van der Waals surface area contributed by atoms with Crippen LogP contribution in [0.5, 0.6) is 0 Å². The lowest BCUT2D eigenvalue weighted by atomic mass is 9.91. The molecule has 0 bridgehead atoms. The number of carbonyl (C=O) groups excluding carboxylic acids is 1. The van der Waals surface area contributed by atoms with Gasteiger partial charge in [-0.15, -0.1) is 0 Å². The molecule has 1 aliphatic rings. The summed E-state index contributed by atoms with van der Waals surface area (Å²) < 4.78 is 6.77. The monoisotopic (exact) mass is 372 g/mol. The Balaban J connectivity index is 1.97. The van der Waals surface area contributed by atoms with Crippen LogP contribution in [0, 0.1) is 25.7 Å². The van der Waals surface area contributed by atoms with E-state index in [0.717, 1.165) is 17.7 Å². The summed E-state index contributed by atoms with van der Waals surface area (Å²) >= 11 is 0. The first-order valence-corrected chi connectivity index (χ1v) is 9.43. The molecule has 146 valence electrons. The van der Waals surface area contributed by atoms with Crippen LogP contribution in [-0.4, -0.2) is 33.7 Å². The molecule has 3 rings (SSSR count). The second-order valence-corrected chi connectivity index (χ2v) is 7.93. The Morgan fingerprint density at radius 1 is 1.26 bits per heavy atom. The van der Waals surface area contributed by atoms with E-state index in [0.29, 0.717) is 36.4 Å². The first-order chi connectivity index (χ1) is 12.7. The lowest BCUT2D eigenvalue weighted by Crippen LogP contribution is -2.47. The minimum absolute atomic E-state index is 0.0679. The lowest BCUT2D eigenvalue weighted by molar-refractivity contribution is -0.137. The zero-order valence-corrected chi connectivity index (χ0v) is 16.7. The van der Waals surface area contributed by atoms with Crippen molar-refractivity contribution >= 4 is 11.6 Å². The van der Waals surface area contributed by atoms with Crippen LogP contribution < -0.4 is 11.3 Å². The SMILES string of the molecule is Cc1cc(-c2cc(N)c(=O)n(C(C)C(=O)N3CC(C)CC(C)C3)n2)c(C)o1. The van der Waals surface area contributed by atoms with Crippen molar-refractivity contribution in [3.8, 4) is 11.3 Å². The number of carbonyl (C=O) groups is 1. The largest absolute Gasteiger partial charge is 0.466 e. The van der Waals surface area contributed by atoms with Gasteiger partial charge in [-0.25, -0.2) is 4.68 Å². The van der Waals surface area contributed by atoms with Gasteiger partial charge >= 0.3 is 0 Å². The van der Waals surface area contributed by atoms with Crippen LogP contribution in [0.25, 0.3) is 11.3 Å². The molecule has 0 radical (unpaired) electrons. The number of likely N-dealkylation sites (tertiary alicyclic amines) is 1. The minimum atomic E-state index is -0.717. The Morgan fingerprint density at radius 2 is 1.89 bits per heavy atom. The number of amides is 1. The number of aromatic nitrogens is 2. The van der Waals surface area contributed by atoms with E-state index < -0.39 is 11.6 Å². The highest BCUT2D eigenvalue weighted by molar-refractivity contribution is 5.80. The number of furan rings is 1. The van der Waals surface area contributed by atoms with Gasteiger partial charge in [-0.1, -0.05) is 13.8 Å². The van der Waals surface area contributed by atoms with Gasteiger partial charge in [0.1, 0.15) is 23.2 Å². The van der Waals surface area contributed by atoms with Gasteiger partial charge in [-0.05, 0) is 51.2 Å². The normalized spacial score (nSPS) is 21.3. The number of anilines is 1. The summed E-state index contributed by atoms with van der Waals surface area (Å²) in [5.74, 6) is 2.24. The van der Waals surface area contributed by atoms with Crippen LogP contribution in [0.4, 0.5) is 5.69 Å². The second-order valence-electron chi connectivity index (χ2n) is 7.93. The third-order valence-electron chi connectivity index (χ3n) is 5.18. The number of hydrogen-bond donors (Lipinski definition) is 1. The first kappa shape index (κ1) is 19.2. The average Bonchev–Trinajstić information content (AvgIpc) is 2.93. The fraction of sp³-hybridized carbons (Fsp3) is 0.550. The quantitative estimate of drug-likeness (QED) is 0.894. The molecule has 7 nitrogen and oxygen atoms in total. The van der Waals surface area contributed by atoms with Crippen molar-refractivity contribution in [2.45, 2.75) is 47.1 Å². The number of nitrogens with two attached hydrogens (primary N) is 1. The fourth-order valence-corrected chi connectivity index (χ4v) is 4.02. The van der Waals surface area contributed by atoms with Gasteiger partial charge in [-0.2, -0.15) is 5.10 Å². The number of rotatable bonds is 3. The van der Waals surface area contributed by atoms with Crippen molar-refractivity contribution in [2.24, 2.45) is 11.8 Å². The van der Waals surface area contributed by atoms with Crippen molar-refractivity contribution in [1.82, 2.24) is 14.7 Å². The number of hydrogen-bond acceptors (Lipinski definition) is 5. The summed E-state index contributed by atoms with van der Waals surface area (Å²) in [4.78, 5) is 27.5. The molecule has 0 aromatic carbocycles. The topological polar surface area (TPSA) is 94.4 Å². The lowest BCUT2D eigenvalue weighted by Gasteiger charge is -2.36. The highest BCUT2D eigenvalue weighted by atomic mass is 16.3. The molecule has 3 atom stereocenters. The summed E-state index contributed by atoms with van der Waals surface area (Å²) in [6, 6.07) is 2.68. The van der Waals surface area contributed by atoms with Gasteiger partial charge in [-0.3, -0.25) is 9.59 Å². The van der Waals surface area contributed by atoms with Crippen LogP contribution in [0.2, 0.25) is 0 Å². The Hall–Kier alpha value is -2.57. The highest BCUT2D eigenvalue weighted by Gasteiger charge is 2.30. The summed E-state index contributed by atoms with van der Waals surface area (Å²) in [6.45, 7) is 11.1. The maximum atomic E-state index is 13.0. The smallest absolute Gasteiger partial charge is 0.290 e. The Morgan fingerprint density at radius 3 is 2.44 bits per heavy atom. The molecule has 2 aromatic heterocycles. The Bertz CT molecular complexity index is 904. The van der Waals surface area contributed by atoms with Gasteiger partial charge in [0, 0.05) is 18.7 Å². The molecule has 1 aliphatic heterocycles. The predicted molar refractivity (Wildman–Crippen MR) is 104 cm³/mol. The maximum Gasteiger partial charge on any atom is 0.290 e. The molecule has 3 unspecified atom stereocenters. The number of nitrogens with zero attached hydrogens (tertiary/aromatic N) is 3. The molecule has 7 heteroatoms. The van der Waals surface area contributed by atoms with Crippen LogP contribution in [-0.2, 0) is 4.79 Å². The molecule has 3 heterocycles. The van der Waals surface area contributed by atoms with Crippen LogP contribution in [0.1, 0.15) is 44.8 Å². The van der Waals surface area contributed by atoms with Crippen molar-refractivity contribution in [2.75, 3.05) is 18.8 Å². The summed E-state index contributed by atoms with van der Waals surface area (Å²) in [5.41, 5.74) is 6.87. The van der Waals surface area contributed by atoms with Crippen molar-refractivity contribution in [3.05, 3.63) is 34.0 Å². The van der Waals surface area contributed by atoms with Crippen LogP contribution in [0.15, 0.2) is 21.3 Å². The zero-order chi connectivity index (χ0) is 19.9. The van der Waals surface area contributed by atoms with E-state index in [9.17, 15) is 9.59 Å². The number of aryl methyl sites for hydroxylation is 2. The molecular formula is C20H28N4O3. The third kappa shape index (κ3) is 3.77. The fourth-order valence-electron chi connectivity index (χ4n) is 4.02. The molecule has 2 aromatic rings. The summed E-state index contributed by atoms with van der Waals surface area (Å²) in [6.07, 6.45) is 1.11. The standard InChI is InChI=1S/C20H28N4O3/c1-11-6-12(2)10-23(9-11)19(25)14(4)24-20(26)17(21)8-18(22-24)16-7-13(3)27-15(16)5/h7-8,11-12,14H,6,9-10,21H2,1-5H3. The summed E-state index contributed by atoms with van der Waals surface area (Å²) in [5, 5.41) is 4.45. The molecule has 1 fully saturated rings. The number of piperidine rings is 1. The third-order valence-corrected chi connectivity index (χ3v) is 5.18. The van der Waals surface area contributed by atoms with E-state index in [4.69, 9.17) is 10.2 Å². The molecule has 27 heavy (non-hydrogen) atoms. The van der Waals surface area contributed by atoms with E-state index in [1.807, 2.05) is 24.8 Å². The molecular weight excluding hydrogens is 344 g/mol. The first-order valence-electron chi connectivity index (χ1n) is 9.43. The number of nitrogen functional groups attached to an aromatic ring is 1. The molecule has 1 saturated heterocycles. The molecule has 0 aliphatic carbocycles. The zero-order valence-electron chi connectivity index (χ0n) is 16.7. The van der Waals surface area contributed by atoms with Gasteiger partial charge < -0.3 is 15.1 Å². The van der Waals surface area contributed by atoms with Gasteiger partial charge in [0.25, 0.3) is 5.56 Å². The molecule has 0 saturated carbocycles. The van der Waals surface area contributed by atoms with Crippen molar-refractivity contribution in [3.63, 3.8) is 0 Å². The van der Waals surface area contributed by atoms with Crippen molar-refractivity contribution in [1.29, 1.82) is 0 Å². The van der Waals surface area contributed by atoms with Crippen LogP contribution in [0.3, 0.4) is 0 Å². The van der Waals surface area contributed by atoms with E-state index in [1.165, 1.54) is 4.68 Å². The molecule has 1 amide bonds. The predicted octanol–water partition coefficient (Wildman–Crippen LogP) is 2.77. The summed E-state index contributed by atoms with van der Waals surface area (Å²) in [7, 11) is 0. The average molecular weight is 372 g/mol. The van der Waals surface area contributed by atoms with Crippen molar-refractivity contribution < 1.29 is 9.21 Å². The van der Waals surface area contributed by atoms with Gasteiger partial charge in [0.2, 0.25) is 5.91 Å². The minimum Gasteiger partial charge on any atom is -0.466 e. The van der Waals surface area contributed by atoms with Gasteiger partial charge in [0.05, 0.1) is 5.69 Å².